The Morgan fingerprint density at radius 3 is 3.08 bits per heavy atom. The Balaban J connectivity index is 2.70. The number of imidazole rings is 1. The third kappa shape index (κ3) is 1.16. The molecule has 0 aliphatic heterocycles. The van der Waals surface area contributed by atoms with Crippen molar-refractivity contribution in [2.45, 2.75) is 6.92 Å². The van der Waals surface area contributed by atoms with Crippen molar-refractivity contribution in [1.29, 1.82) is 0 Å². The molecule has 66 valence electrons. The summed E-state index contributed by atoms with van der Waals surface area (Å²) in [6.45, 7) is 1.87. The minimum absolute atomic E-state index is 0.285. The van der Waals surface area contributed by atoms with Crippen molar-refractivity contribution in [3.05, 3.63) is 35.9 Å². The highest BCUT2D eigenvalue weighted by molar-refractivity contribution is 5.88. The minimum atomic E-state index is -0.915. The van der Waals surface area contributed by atoms with E-state index < -0.39 is 5.97 Å². The molecule has 2 rings (SSSR count). The molecule has 4 heteroatoms. The van der Waals surface area contributed by atoms with Gasteiger partial charge in [-0.1, -0.05) is 0 Å². The number of nitrogens with zero attached hydrogens (tertiary/aromatic N) is 2. The van der Waals surface area contributed by atoms with E-state index in [0.717, 1.165) is 11.3 Å². The average molecular weight is 176 g/mol. The first-order valence-electron chi connectivity index (χ1n) is 3.85. The second-order valence-electron chi connectivity index (χ2n) is 2.82. The van der Waals surface area contributed by atoms with Crippen LogP contribution in [0.1, 0.15) is 16.2 Å². The number of hydrogen-bond donors (Lipinski definition) is 1. The van der Waals surface area contributed by atoms with Crippen molar-refractivity contribution in [2.24, 2.45) is 0 Å². The van der Waals surface area contributed by atoms with Gasteiger partial charge in [-0.25, -0.2) is 9.78 Å². The maximum Gasteiger partial charge on any atom is 0.335 e. The lowest BCUT2D eigenvalue weighted by molar-refractivity contribution is 0.0697. The Bertz CT molecular complexity index is 473. The molecule has 0 aliphatic rings. The van der Waals surface area contributed by atoms with Gasteiger partial charge in [-0.2, -0.15) is 0 Å². The molecular formula is C9H8N2O2. The molecule has 0 radical (unpaired) electrons. The fourth-order valence-electron chi connectivity index (χ4n) is 1.27. The molecule has 0 saturated carbocycles. The first kappa shape index (κ1) is 7.79. The fourth-order valence-corrected chi connectivity index (χ4v) is 1.27. The van der Waals surface area contributed by atoms with Crippen molar-refractivity contribution >= 4 is 11.5 Å². The number of hydrogen-bond acceptors (Lipinski definition) is 2. The van der Waals surface area contributed by atoms with E-state index in [1.807, 2.05) is 11.3 Å². The van der Waals surface area contributed by atoms with Gasteiger partial charge in [0.25, 0.3) is 0 Å². The summed E-state index contributed by atoms with van der Waals surface area (Å²) in [7, 11) is 0. The Hall–Kier alpha value is -1.84. The van der Waals surface area contributed by atoms with Crippen LogP contribution in [0.5, 0.6) is 0 Å². The number of carboxylic acids is 1. The molecule has 0 saturated heterocycles. The van der Waals surface area contributed by atoms with Crippen molar-refractivity contribution in [1.82, 2.24) is 9.38 Å². The van der Waals surface area contributed by atoms with Crippen molar-refractivity contribution in [3.63, 3.8) is 0 Å². The molecule has 1 N–H and O–H groups in total. The molecule has 0 spiro atoms. The number of carbonyl (C=O) groups is 1. The zero-order valence-corrected chi connectivity index (χ0v) is 7.06. The molecular weight excluding hydrogens is 168 g/mol. The van der Waals surface area contributed by atoms with Gasteiger partial charge in [-0.15, -0.1) is 0 Å². The van der Waals surface area contributed by atoms with Crippen molar-refractivity contribution < 1.29 is 9.90 Å². The summed E-state index contributed by atoms with van der Waals surface area (Å²) in [5, 5.41) is 8.72. The number of carboxylic acid groups (broad SMARTS) is 1. The average Bonchev–Trinajstić information content (AvgIpc) is 2.47. The largest absolute Gasteiger partial charge is 0.478 e. The van der Waals surface area contributed by atoms with E-state index in [0.29, 0.717) is 0 Å². The van der Waals surface area contributed by atoms with Crippen LogP contribution in [0, 0.1) is 6.92 Å². The second-order valence-corrected chi connectivity index (χ2v) is 2.82. The fraction of sp³-hybridized carbons (Fsp3) is 0.111. The summed E-state index contributed by atoms with van der Waals surface area (Å²) in [4.78, 5) is 14.7. The van der Waals surface area contributed by atoms with Gasteiger partial charge >= 0.3 is 5.97 Å². The number of aryl methyl sites for hydroxylation is 1. The maximum atomic E-state index is 10.6. The third-order valence-electron chi connectivity index (χ3n) is 1.96. The van der Waals surface area contributed by atoms with E-state index in [4.69, 9.17) is 5.11 Å². The van der Waals surface area contributed by atoms with Crippen LogP contribution in [0.4, 0.5) is 0 Å². The van der Waals surface area contributed by atoms with Gasteiger partial charge in [0.1, 0.15) is 5.82 Å². The normalized spacial score (nSPS) is 10.5. The zero-order valence-electron chi connectivity index (χ0n) is 7.06. The summed E-state index contributed by atoms with van der Waals surface area (Å²) >= 11 is 0. The summed E-state index contributed by atoms with van der Waals surface area (Å²) < 4.78 is 1.84. The lowest BCUT2D eigenvalue weighted by Crippen LogP contribution is -1.97. The third-order valence-corrected chi connectivity index (χ3v) is 1.96. The van der Waals surface area contributed by atoms with E-state index in [1.165, 1.54) is 0 Å². The molecule has 2 aromatic heterocycles. The summed E-state index contributed by atoms with van der Waals surface area (Å²) in [5.41, 5.74) is 1.09. The van der Waals surface area contributed by atoms with E-state index in [9.17, 15) is 4.79 Å². The van der Waals surface area contributed by atoms with Crippen LogP contribution >= 0.6 is 0 Å². The number of fused-ring (bicyclic) bond motifs is 1. The molecule has 0 bridgehead atoms. The van der Waals surface area contributed by atoms with E-state index in [2.05, 4.69) is 4.98 Å². The Morgan fingerprint density at radius 1 is 1.62 bits per heavy atom. The van der Waals surface area contributed by atoms with Gasteiger partial charge in [0.05, 0.1) is 17.3 Å². The molecule has 0 unspecified atom stereocenters. The summed E-state index contributed by atoms with van der Waals surface area (Å²) in [6, 6.07) is 3.16. The molecule has 13 heavy (non-hydrogen) atoms. The standard InChI is InChI=1S/C9H8N2O2/c1-6-10-5-8-4-7(9(12)13)2-3-11(6)8/h2-5H,1H3,(H,12,13). The topological polar surface area (TPSA) is 54.6 Å². The van der Waals surface area contributed by atoms with Crippen molar-refractivity contribution in [2.75, 3.05) is 0 Å². The smallest absolute Gasteiger partial charge is 0.335 e. The first-order chi connectivity index (χ1) is 6.18. The van der Waals surface area contributed by atoms with Crippen LogP contribution in [-0.2, 0) is 0 Å². The highest BCUT2D eigenvalue weighted by atomic mass is 16.4. The lowest BCUT2D eigenvalue weighted by atomic mass is 10.2. The van der Waals surface area contributed by atoms with Crippen LogP contribution in [0.15, 0.2) is 24.5 Å². The molecule has 2 aromatic rings. The van der Waals surface area contributed by atoms with Crippen LogP contribution < -0.4 is 0 Å². The monoisotopic (exact) mass is 176 g/mol. The van der Waals surface area contributed by atoms with Crippen LogP contribution in [-0.4, -0.2) is 20.5 Å². The minimum Gasteiger partial charge on any atom is -0.478 e. The molecule has 0 aromatic carbocycles. The SMILES string of the molecule is Cc1ncc2cc(C(=O)O)ccn12. The zero-order chi connectivity index (χ0) is 9.42. The molecule has 0 fully saturated rings. The van der Waals surface area contributed by atoms with Gasteiger partial charge in [-0.3, -0.25) is 0 Å². The van der Waals surface area contributed by atoms with Gasteiger partial charge in [-0.05, 0) is 19.1 Å². The van der Waals surface area contributed by atoms with Gasteiger partial charge in [0, 0.05) is 6.20 Å². The summed E-state index contributed by atoms with van der Waals surface area (Å²) in [6.07, 6.45) is 3.36. The van der Waals surface area contributed by atoms with Gasteiger partial charge < -0.3 is 9.51 Å². The molecule has 0 atom stereocenters. The molecule has 0 amide bonds. The predicted octanol–water partition coefficient (Wildman–Crippen LogP) is 1.34. The molecule has 0 aliphatic carbocycles. The predicted molar refractivity (Wildman–Crippen MR) is 46.9 cm³/mol. The summed E-state index contributed by atoms with van der Waals surface area (Å²) in [5.74, 6) is -0.0618. The van der Waals surface area contributed by atoms with Crippen LogP contribution in [0.3, 0.4) is 0 Å². The quantitative estimate of drug-likeness (QED) is 0.713. The number of aromatic nitrogens is 2. The van der Waals surface area contributed by atoms with Crippen molar-refractivity contribution in [3.8, 4) is 0 Å². The lowest BCUT2D eigenvalue weighted by Gasteiger charge is -1.97. The first-order valence-corrected chi connectivity index (χ1v) is 3.85. The Morgan fingerprint density at radius 2 is 2.38 bits per heavy atom. The number of aromatic carboxylic acids is 1. The maximum absolute atomic E-state index is 10.6. The highest BCUT2D eigenvalue weighted by Gasteiger charge is 2.04. The van der Waals surface area contributed by atoms with Gasteiger partial charge in [0.15, 0.2) is 0 Å². The Labute approximate surface area is 74.5 Å². The number of pyridine rings is 1. The van der Waals surface area contributed by atoms with Crippen LogP contribution in [0.2, 0.25) is 0 Å². The number of rotatable bonds is 1. The van der Waals surface area contributed by atoms with Crippen LogP contribution in [0.25, 0.3) is 5.52 Å². The van der Waals surface area contributed by atoms with Gasteiger partial charge in [0.2, 0.25) is 0 Å². The Kier molecular flexibility index (Phi) is 1.55. The second kappa shape index (κ2) is 2.58. The van der Waals surface area contributed by atoms with E-state index in [-0.39, 0.29) is 5.56 Å². The van der Waals surface area contributed by atoms with E-state index in [1.54, 1.807) is 24.5 Å². The molecule has 4 nitrogen and oxygen atoms in total. The van der Waals surface area contributed by atoms with E-state index >= 15 is 0 Å². The highest BCUT2D eigenvalue weighted by Crippen LogP contribution is 2.08. The molecule has 2 heterocycles.